The number of amides is 3. The molecule has 0 spiro atoms. The molecule has 3 unspecified atom stereocenters. The molecule has 2 saturated heterocycles. The van der Waals surface area contributed by atoms with Crippen molar-refractivity contribution in [3.63, 3.8) is 0 Å². The summed E-state index contributed by atoms with van der Waals surface area (Å²) in [5.74, 6) is -1.68. The van der Waals surface area contributed by atoms with Gasteiger partial charge in [0.15, 0.2) is 5.75 Å². The van der Waals surface area contributed by atoms with Gasteiger partial charge in [-0.2, -0.15) is 0 Å². The number of methoxy groups -OCH3 is 2. The van der Waals surface area contributed by atoms with Crippen LogP contribution in [-0.4, -0.2) is 59.4 Å². The van der Waals surface area contributed by atoms with Gasteiger partial charge in [-0.15, -0.1) is 0 Å². The van der Waals surface area contributed by atoms with E-state index in [0.717, 1.165) is 4.90 Å². The van der Waals surface area contributed by atoms with Crippen LogP contribution in [0.25, 0.3) is 0 Å². The molecule has 0 radical (unpaired) electrons. The highest BCUT2D eigenvalue weighted by atomic mass is 16.6. The second-order valence-corrected chi connectivity index (χ2v) is 6.29. The minimum atomic E-state index is -0.833. The molecule has 2 aliphatic rings. The third-order valence-electron chi connectivity index (χ3n) is 5.06. The fourth-order valence-electron chi connectivity index (χ4n) is 3.85. The number of hydrogen-bond acceptors (Lipinski definition) is 7. The molecule has 10 heteroatoms. The van der Waals surface area contributed by atoms with Crippen molar-refractivity contribution in [3.05, 3.63) is 33.9 Å². The van der Waals surface area contributed by atoms with Gasteiger partial charge < -0.3 is 14.4 Å². The van der Waals surface area contributed by atoms with Gasteiger partial charge in [0.2, 0.25) is 0 Å². The van der Waals surface area contributed by atoms with E-state index in [-0.39, 0.29) is 30.3 Å². The number of carbonyl (C=O) groups is 3. The molecule has 0 aromatic heterocycles. The van der Waals surface area contributed by atoms with E-state index in [1.54, 1.807) is 13.0 Å². The van der Waals surface area contributed by atoms with Gasteiger partial charge in [-0.3, -0.25) is 24.6 Å². The standard InChI is InChI=1S/C17H19N3O7/c1-4-18-15(21)12-8-10(16(22)27-3)14(19(12)17(18)23)9-5-6-13(26-2)11(7-9)20(24)25/h5-7,10,12,14H,4,8H2,1-3H3. The van der Waals surface area contributed by atoms with Crippen LogP contribution in [0.3, 0.4) is 0 Å². The minimum absolute atomic E-state index is 0.0620. The maximum absolute atomic E-state index is 12.7. The van der Waals surface area contributed by atoms with Crippen LogP contribution >= 0.6 is 0 Å². The first-order chi connectivity index (χ1) is 12.8. The first-order valence-electron chi connectivity index (χ1n) is 8.39. The largest absolute Gasteiger partial charge is 0.490 e. The number of nitro benzene ring substituents is 1. The lowest BCUT2D eigenvalue weighted by Crippen LogP contribution is -2.37. The fourth-order valence-corrected chi connectivity index (χ4v) is 3.85. The molecule has 0 bridgehead atoms. The van der Waals surface area contributed by atoms with Crippen LogP contribution in [0.5, 0.6) is 5.75 Å². The summed E-state index contributed by atoms with van der Waals surface area (Å²) < 4.78 is 9.84. The molecule has 144 valence electrons. The lowest BCUT2D eigenvalue weighted by molar-refractivity contribution is -0.385. The second-order valence-electron chi connectivity index (χ2n) is 6.29. The summed E-state index contributed by atoms with van der Waals surface area (Å²) in [7, 11) is 2.54. The summed E-state index contributed by atoms with van der Waals surface area (Å²) in [6.07, 6.45) is 0.109. The Labute approximate surface area is 154 Å². The van der Waals surface area contributed by atoms with Gasteiger partial charge in [0.05, 0.1) is 31.1 Å². The Morgan fingerprint density at radius 3 is 2.59 bits per heavy atom. The minimum Gasteiger partial charge on any atom is -0.490 e. The summed E-state index contributed by atoms with van der Waals surface area (Å²) in [4.78, 5) is 50.7. The molecule has 3 rings (SSSR count). The number of esters is 1. The zero-order valence-corrected chi connectivity index (χ0v) is 15.1. The van der Waals surface area contributed by atoms with Crippen molar-refractivity contribution >= 4 is 23.6 Å². The van der Waals surface area contributed by atoms with Gasteiger partial charge in [-0.25, -0.2) is 4.79 Å². The third-order valence-corrected chi connectivity index (χ3v) is 5.06. The van der Waals surface area contributed by atoms with E-state index in [1.165, 1.54) is 31.3 Å². The monoisotopic (exact) mass is 377 g/mol. The molecular formula is C17H19N3O7. The molecular weight excluding hydrogens is 358 g/mol. The van der Waals surface area contributed by atoms with Crippen LogP contribution in [0.2, 0.25) is 0 Å². The Kier molecular flexibility index (Phi) is 4.73. The average molecular weight is 377 g/mol. The maximum Gasteiger partial charge on any atom is 0.327 e. The number of fused-ring (bicyclic) bond motifs is 1. The molecule has 0 saturated carbocycles. The zero-order chi connectivity index (χ0) is 19.9. The fraction of sp³-hybridized carbons (Fsp3) is 0.471. The molecule has 2 heterocycles. The predicted molar refractivity (Wildman–Crippen MR) is 90.9 cm³/mol. The second kappa shape index (κ2) is 6.86. The molecule has 27 heavy (non-hydrogen) atoms. The van der Waals surface area contributed by atoms with E-state index in [2.05, 4.69) is 0 Å². The van der Waals surface area contributed by atoms with Crippen LogP contribution in [-0.2, 0) is 14.3 Å². The molecule has 2 fully saturated rings. The van der Waals surface area contributed by atoms with Crippen molar-refractivity contribution in [2.45, 2.75) is 25.4 Å². The van der Waals surface area contributed by atoms with Gasteiger partial charge in [-0.05, 0) is 25.0 Å². The zero-order valence-electron chi connectivity index (χ0n) is 15.1. The van der Waals surface area contributed by atoms with Crippen LogP contribution in [0, 0.1) is 16.0 Å². The first kappa shape index (κ1) is 18.6. The van der Waals surface area contributed by atoms with Crippen LogP contribution in [0.15, 0.2) is 18.2 Å². The average Bonchev–Trinajstić information content (AvgIpc) is 3.16. The number of nitro groups is 1. The summed E-state index contributed by atoms with van der Waals surface area (Å²) in [5.41, 5.74) is 0.0897. The number of carbonyl (C=O) groups excluding carboxylic acids is 3. The molecule has 1 aromatic carbocycles. The lowest BCUT2D eigenvalue weighted by atomic mass is 9.92. The van der Waals surface area contributed by atoms with Crippen molar-refractivity contribution in [1.82, 2.24) is 9.80 Å². The van der Waals surface area contributed by atoms with Crippen LogP contribution in [0.4, 0.5) is 10.5 Å². The highest BCUT2D eigenvalue weighted by molar-refractivity contribution is 6.05. The Morgan fingerprint density at radius 1 is 1.33 bits per heavy atom. The van der Waals surface area contributed by atoms with E-state index in [1.807, 2.05) is 0 Å². The predicted octanol–water partition coefficient (Wildman–Crippen LogP) is 1.49. The van der Waals surface area contributed by atoms with Crippen molar-refractivity contribution in [3.8, 4) is 5.75 Å². The van der Waals surface area contributed by atoms with Crippen molar-refractivity contribution in [2.24, 2.45) is 5.92 Å². The highest BCUT2D eigenvalue weighted by Gasteiger charge is 2.57. The topological polar surface area (TPSA) is 119 Å². The van der Waals surface area contributed by atoms with Crippen molar-refractivity contribution < 1.29 is 28.8 Å². The van der Waals surface area contributed by atoms with E-state index in [0.29, 0.717) is 5.56 Å². The Balaban J connectivity index is 2.10. The van der Waals surface area contributed by atoms with Gasteiger partial charge in [0, 0.05) is 12.6 Å². The van der Waals surface area contributed by atoms with Gasteiger partial charge >= 0.3 is 17.7 Å². The Hall–Kier alpha value is -3.17. The Bertz CT molecular complexity index is 825. The number of urea groups is 1. The van der Waals surface area contributed by atoms with Crippen LogP contribution in [0.1, 0.15) is 24.9 Å². The molecule has 0 N–H and O–H groups in total. The number of hydrogen-bond donors (Lipinski definition) is 0. The summed E-state index contributed by atoms with van der Waals surface area (Å²) in [5, 5.41) is 11.4. The summed E-state index contributed by atoms with van der Waals surface area (Å²) >= 11 is 0. The van der Waals surface area contributed by atoms with Crippen molar-refractivity contribution in [2.75, 3.05) is 20.8 Å². The quantitative estimate of drug-likeness (QED) is 0.330. The molecule has 0 aliphatic carbocycles. The molecule has 3 atom stereocenters. The van der Waals surface area contributed by atoms with E-state index >= 15 is 0 Å². The van der Waals surface area contributed by atoms with Gasteiger partial charge in [-0.1, -0.05) is 6.07 Å². The number of ether oxygens (including phenoxy) is 2. The number of rotatable bonds is 5. The van der Waals surface area contributed by atoms with E-state index < -0.39 is 34.9 Å². The van der Waals surface area contributed by atoms with Crippen LogP contribution < -0.4 is 4.74 Å². The summed E-state index contributed by atoms with van der Waals surface area (Å²) in [6.45, 7) is 1.89. The van der Waals surface area contributed by atoms with E-state index in [9.17, 15) is 24.5 Å². The molecule has 10 nitrogen and oxygen atoms in total. The van der Waals surface area contributed by atoms with Gasteiger partial charge in [0.25, 0.3) is 5.91 Å². The maximum atomic E-state index is 12.7. The molecule has 2 aliphatic heterocycles. The highest BCUT2D eigenvalue weighted by Crippen LogP contribution is 2.47. The molecule has 3 amide bonds. The van der Waals surface area contributed by atoms with Gasteiger partial charge in [0.1, 0.15) is 6.04 Å². The first-order valence-corrected chi connectivity index (χ1v) is 8.39. The lowest BCUT2D eigenvalue weighted by Gasteiger charge is -2.26. The number of nitrogens with zero attached hydrogens (tertiary/aromatic N) is 3. The normalized spacial score (nSPS) is 24.2. The smallest absolute Gasteiger partial charge is 0.327 e. The SMILES string of the molecule is CCN1C(=O)C2CC(C(=O)OC)C(c3ccc(OC)c([N+](=O)[O-])c3)N2C1=O. The van der Waals surface area contributed by atoms with Crippen molar-refractivity contribution in [1.29, 1.82) is 0 Å². The third kappa shape index (κ3) is 2.77. The number of imide groups is 1. The molecule has 1 aromatic rings. The summed E-state index contributed by atoms with van der Waals surface area (Å²) in [6, 6.07) is 2.11. The van der Waals surface area contributed by atoms with E-state index in [4.69, 9.17) is 9.47 Å². The number of benzene rings is 1. The Morgan fingerprint density at radius 2 is 2.04 bits per heavy atom. The number of likely N-dealkylation sites (N-methyl/N-ethyl adjacent to an activating group) is 1.